The van der Waals surface area contributed by atoms with E-state index >= 15 is 0 Å². The van der Waals surface area contributed by atoms with Gasteiger partial charge in [-0.3, -0.25) is 0 Å². The zero-order valence-corrected chi connectivity index (χ0v) is 8.42. The SMILES string of the molecule is CCCS(=O)(=O)CCCCCl. The van der Waals surface area contributed by atoms with Gasteiger partial charge in [-0.05, 0) is 19.3 Å². The molecule has 2 nitrogen and oxygen atoms in total. The van der Waals surface area contributed by atoms with Crippen LogP contribution in [0.5, 0.6) is 0 Å². The Kier molecular flexibility index (Phi) is 5.96. The highest BCUT2D eigenvalue weighted by atomic mass is 35.5. The Morgan fingerprint density at radius 2 is 1.82 bits per heavy atom. The Balaban J connectivity index is 3.56. The van der Waals surface area contributed by atoms with E-state index < -0.39 is 9.84 Å². The van der Waals surface area contributed by atoms with Gasteiger partial charge in [0.25, 0.3) is 0 Å². The Bertz CT molecular complexity index is 175. The molecule has 0 N–H and O–H groups in total. The Morgan fingerprint density at radius 3 is 2.27 bits per heavy atom. The van der Waals surface area contributed by atoms with Crippen molar-refractivity contribution >= 4 is 21.4 Å². The van der Waals surface area contributed by atoms with Crippen LogP contribution in [0.1, 0.15) is 26.2 Å². The normalized spacial score (nSPS) is 11.8. The molecule has 0 bridgehead atoms. The first-order valence-corrected chi connectivity index (χ1v) is 6.24. The smallest absolute Gasteiger partial charge is 0.150 e. The van der Waals surface area contributed by atoms with Crippen molar-refractivity contribution < 1.29 is 8.42 Å². The molecule has 0 amide bonds. The van der Waals surface area contributed by atoms with E-state index in [9.17, 15) is 8.42 Å². The zero-order valence-electron chi connectivity index (χ0n) is 6.85. The summed E-state index contributed by atoms with van der Waals surface area (Å²) in [5, 5.41) is 0. The number of alkyl halides is 1. The molecule has 0 saturated heterocycles. The van der Waals surface area contributed by atoms with Crippen molar-refractivity contribution in [3.63, 3.8) is 0 Å². The third kappa shape index (κ3) is 6.63. The first kappa shape index (κ1) is 11.2. The van der Waals surface area contributed by atoms with E-state index in [2.05, 4.69) is 0 Å². The van der Waals surface area contributed by atoms with Crippen LogP contribution in [0.3, 0.4) is 0 Å². The summed E-state index contributed by atoms with van der Waals surface area (Å²) in [5.41, 5.74) is 0. The van der Waals surface area contributed by atoms with E-state index in [1.165, 1.54) is 0 Å². The van der Waals surface area contributed by atoms with Crippen LogP contribution >= 0.6 is 11.6 Å². The lowest BCUT2D eigenvalue weighted by atomic mass is 10.4. The van der Waals surface area contributed by atoms with Gasteiger partial charge in [-0.25, -0.2) is 8.42 Å². The van der Waals surface area contributed by atoms with Crippen molar-refractivity contribution in [2.24, 2.45) is 0 Å². The van der Waals surface area contributed by atoms with Gasteiger partial charge < -0.3 is 0 Å². The zero-order chi connectivity index (χ0) is 8.74. The van der Waals surface area contributed by atoms with Gasteiger partial charge in [0.1, 0.15) is 9.84 Å². The summed E-state index contributed by atoms with van der Waals surface area (Å²) >= 11 is 5.41. The Labute approximate surface area is 73.9 Å². The fourth-order valence-corrected chi connectivity index (χ4v) is 2.49. The van der Waals surface area contributed by atoms with Crippen LogP contribution in [-0.2, 0) is 9.84 Å². The van der Waals surface area contributed by atoms with E-state index in [-0.39, 0.29) is 0 Å². The number of halogens is 1. The Hall–Kier alpha value is 0.240. The molecule has 0 heterocycles. The lowest BCUT2D eigenvalue weighted by Gasteiger charge is -1.99. The highest BCUT2D eigenvalue weighted by molar-refractivity contribution is 7.91. The van der Waals surface area contributed by atoms with E-state index in [1.807, 2.05) is 6.92 Å². The molecular formula is C7H15ClO2S. The molecule has 0 saturated carbocycles. The fraction of sp³-hybridized carbons (Fsp3) is 1.00. The second-order valence-electron chi connectivity index (χ2n) is 2.55. The molecule has 0 spiro atoms. The summed E-state index contributed by atoms with van der Waals surface area (Å²) in [7, 11) is -2.76. The molecule has 0 aliphatic carbocycles. The van der Waals surface area contributed by atoms with Gasteiger partial charge in [0.05, 0.1) is 5.75 Å². The maximum atomic E-state index is 11.1. The standard InChI is InChI=1S/C7H15ClO2S/c1-2-6-11(9,10)7-4-3-5-8/h2-7H2,1H3. The minimum absolute atomic E-state index is 0.299. The summed E-state index contributed by atoms with van der Waals surface area (Å²) in [6.45, 7) is 1.87. The minimum Gasteiger partial charge on any atom is -0.229 e. The number of rotatable bonds is 6. The van der Waals surface area contributed by atoms with E-state index in [4.69, 9.17) is 11.6 Å². The fourth-order valence-electron chi connectivity index (χ4n) is 0.830. The molecule has 0 unspecified atom stereocenters. The van der Waals surface area contributed by atoms with Crippen LogP contribution in [-0.4, -0.2) is 25.8 Å². The van der Waals surface area contributed by atoms with Crippen LogP contribution in [0, 0.1) is 0 Å². The monoisotopic (exact) mass is 198 g/mol. The first-order chi connectivity index (χ1) is 5.12. The van der Waals surface area contributed by atoms with Gasteiger partial charge in [-0.2, -0.15) is 0 Å². The molecule has 0 aromatic carbocycles. The average Bonchev–Trinajstić information content (AvgIpc) is 1.87. The molecule has 0 atom stereocenters. The lowest BCUT2D eigenvalue weighted by Crippen LogP contribution is -2.10. The molecule has 68 valence electrons. The van der Waals surface area contributed by atoms with Crippen molar-refractivity contribution in [3.8, 4) is 0 Å². The maximum Gasteiger partial charge on any atom is 0.150 e. The third-order valence-electron chi connectivity index (χ3n) is 1.35. The highest BCUT2D eigenvalue weighted by Crippen LogP contribution is 2.00. The molecule has 0 aliphatic rings. The molecule has 0 aromatic heterocycles. The number of sulfone groups is 1. The van der Waals surface area contributed by atoms with Crippen LogP contribution in [0.4, 0.5) is 0 Å². The number of unbranched alkanes of at least 4 members (excludes halogenated alkanes) is 1. The van der Waals surface area contributed by atoms with Crippen LogP contribution in [0.15, 0.2) is 0 Å². The molecule has 0 rings (SSSR count). The molecule has 0 aliphatic heterocycles. The largest absolute Gasteiger partial charge is 0.229 e. The van der Waals surface area contributed by atoms with E-state index in [0.717, 1.165) is 6.42 Å². The summed E-state index contributed by atoms with van der Waals surface area (Å²) < 4.78 is 22.1. The maximum absolute atomic E-state index is 11.1. The van der Waals surface area contributed by atoms with Crippen molar-refractivity contribution in [2.45, 2.75) is 26.2 Å². The van der Waals surface area contributed by atoms with Crippen molar-refractivity contribution in [1.82, 2.24) is 0 Å². The molecule has 11 heavy (non-hydrogen) atoms. The molecule has 0 aromatic rings. The van der Waals surface area contributed by atoms with Gasteiger partial charge in [-0.1, -0.05) is 6.92 Å². The quantitative estimate of drug-likeness (QED) is 0.482. The summed E-state index contributed by atoms with van der Waals surface area (Å²) in [6, 6.07) is 0. The second kappa shape index (κ2) is 5.84. The van der Waals surface area contributed by atoms with Gasteiger partial charge in [-0.15, -0.1) is 11.6 Å². The van der Waals surface area contributed by atoms with Crippen LogP contribution in [0.25, 0.3) is 0 Å². The lowest BCUT2D eigenvalue weighted by molar-refractivity contribution is 0.591. The molecule has 0 radical (unpaired) electrons. The van der Waals surface area contributed by atoms with E-state index in [0.29, 0.717) is 30.2 Å². The van der Waals surface area contributed by atoms with Crippen molar-refractivity contribution in [2.75, 3.05) is 17.4 Å². The number of hydrogen-bond acceptors (Lipinski definition) is 2. The van der Waals surface area contributed by atoms with Gasteiger partial charge in [0.2, 0.25) is 0 Å². The van der Waals surface area contributed by atoms with Crippen LogP contribution in [0.2, 0.25) is 0 Å². The van der Waals surface area contributed by atoms with Gasteiger partial charge >= 0.3 is 0 Å². The van der Waals surface area contributed by atoms with Crippen molar-refractivity contribution in [3.05, 3.63) is 0 Å². The summed E-state index contributed by atoms with van der Waals surface area (Å²) in [5.74, 6) is 1.17. The molecule has 0 fully saturated rings. The topological polar surface area (TPSA) is 34.1 Å². The number of hydrogen-bond donors (Lipinski definition) is 0. The van der Waals surface area contributed by atoms with Crippen molar-refractivity contribution in [1.29, 1.82) is 0 Å². The predicted octanol–water partition coefficient (Wildman–Crippen LogP) is 1.83. The minimum atomic E-state index is -2.76. The second-order valence-corrected chi connectivity index (χ2v) is 5.23. The summed E-state index contributed by atoms with van der Waals surface area (Å²) in [4.78, 5) is 0. The molecular weight excluding hydrogens is 184 g/mol. The van der Waals surface area contributed by atoms with Gasteiger partial charge in [0, 0.05) is 11.6 Å². The Morgan fingerprint density at radius 1 is 1.18 bits per heavy atom. The summed E-state index contributed by atoms with van der Waals surface area (Å²) in [6.07, 6.45) is 2.21. The average molecular weight is 199 g/mol. The molecule has 4 heteroatoms. The van der Waals surface area contributed by atoms with Crippen LogP contribution < -0.4 is 0 Å². The first-order valence-electron chi connectivity index (χ1n) is 3.89. The third-order valence-corrected chi connectivity index (χ3v) is 3.56. The highest BCUT2D eigenvalue weighted by Gasteiger charge is 2.07. The van der Waals surface area contributed by atoms with E-state index in [1.54, 1.807) is 0 Å². The van der Waals surface area contributed by atoms with Gasteiger partial charge in [0.15, 0.2) is 0 Å². The predicted molar refractivity (Wildman–Crippen MR) is 48.9 cm³/mol.